The Labute approximate surface area is 129 Å². The maximum atomic E-state index is 5.79. The summed E-state index contributed by atoms with van der Waals surface area (Å²) in [5.41, 5.74) is 6.03. The first kappa shape index (κ1) is 14.3. The molecule has 0 amide bonds. The van der Waals surface area contributed by atoms with Crippen LogP contribution in [0.4, 0.5) is 0 Å². The quantitative estimate of drug-likeness (QED) is 0.493. The molecule has 1 atom stereocenters. The van der Waals surface area contributed by atoms with Gasteiger partial charge in [-0.25, -0.2) is 0 Å². The fourth-order valence-electron chi connectivity index (χ4n) is 2.92. The summed E-state index contributed by atoms with van der Waals surface area (Å²) in [7, 11) is 0. The van der Waals surface area contributed by atoms with Gasteiger partial charge in [-0.3, -0.25) is 11.3 Å². The van der Waals surface area contributed by atoms with Gasteiger partial charge >= 0.3 is 0 Å². The van der Waals surface area contributed by atoms with Gasteiger partial charge in [0, 0.05) is 9.75 Å². The Bertz CT molecular complexity index is 507. The number of hydrogen-bond acceptors (Lipinski definition) is 4. The maximum absolute atomic E-state index is 5.79. The van der Waals surface area contributed by atoms with E-state index in [4.69, 9.17) is 5.84 Å². The normalized spacial score (nSPS) is 16.6. The molecule has 0 aromatic carbocycles. The van der Waals surface area contributed by atoms with Crippen LogP contribution in [-0.4, -0.2) is 0 Å². The minimum Gasteiger partial charge on any atom is -0.271 e. The number of nitrogens with one attached hydrogen (secondary N) is 1. The van der Waals surface area contributed by atoms with Gasteiger partial charge in [-0.1, -0.05) is 6.42 Å². The summed E-state index contributed by atoms with van der Waals surface area (Å²) in [6, 6.07) is 4.91. The average molecular weight is 307 g/mol. The van der Waals surface area contributed by atoms with Gasteiger partial charge in [0.25, 0.3) is 0 Å². The summed E-state index contributed by atoms with van der Waals surface area (Å²) in [4.78, 5) is 3.03. The summed E-state index contributed by atoms with van der Waals surface area (Å²) >= 11 is 3.75. The summed E-state index contributed by atoms with van der Waals surface area (Å²) in [6.07, 6.45) is 8.78. The number of hydrazine groups is 1. The van der Waals surface area contributed by atoms with Gasteiger partial charge in [0.1, 0.15) is 0 Å². The van der Waals surface area contributed by atoms with Crippen molar-refractivity contribution in [2.24, 2.45) is 5.84 Å². The Hall–Kier alpha value is -0.680. The zero-order valence-electron chi connectivity index (χ0n) is 11.7. The summed E-state index contributed by atoms with van der Waals surface area (Å²) in [5, 5.41) is 4.38. The van der Waals surface area contributed by atoms with Gasteiger partial charge < -0.3 is 0 Å². The average Bonchev–Trinajstić information content (AvgIpc) is 3.06. The van der Waals surface area contributed by atoms with Gasteiger partial charge in [0.15, 0.2) is 0 Å². The SMILES string of the molecule is NNC(CCc1ccsc1)c1cc2c(s1)CCCCC2. The molecule has 0 fully saturated rings. The summed E-state index contributed by atoms with van der Waals surface area (Å²) in [6.45, 7) is 0. The zero-order valence-corrected chi connectivity index (χ0v) is 13.4. The molecule has 1 aliphatic rings. The van der Waals surface area contributed by atoms with Gasteiger partial charge in [-0.05, 0) is 72.5 Å². The van der Waals surface area contributed by atoms with E-state index >= 15 is 0 Å². The van der Waals surface area contributed by atoms with Crippen molar-refractivity contribution in [1.29, 1.82) is 0 Å². The second-order valence-corrected chi connectivity index (χ2v) is 7.50. The van der Waals surface area contributed by atoms with Gasteiger partial charge in [-0.2, -0.15) is 11.3 Å². The van der Waals surface area contributed by atoms with Crippen molar-refractivity contribution >= 4 is 22.7 Å². The molecule has 0 saturated carbocycles. The molecule has 0 spiro atoms. The zero-order chi connectivity index (χ0) is 13.8. The Balaban J connectivity index is 1.69. The van der Waals surface area contributed by atoms with Crippen molar-refractivity contribution < 1.29 is 0 Å². The smallest absolute Gasteiger partial charge is 0.0556 e. The first-order valence-electron chi connectivity index (χ1n) is 7.45. The van der Waals surface area contributed by atoms with Crippen molar-refractivity contribution in [3.63, 3.8) is 0 Å². The van der Waals surface area contributed by atoms with Gasteiger partial charge in [0.05, 0.1) is 6.04 Å². The van der Waals surface area contributed by atoms with Crippen molar-refractivity contribution in [2.45, 2.75) is 51.0 Å². The third kappa shape index (κ3) is 3.31. The molecule has 0 saturated heterocycles. The molecule has 2 heterocycles. The molecular formula is C16H22N2S2. The molecule has 20 heavy (non-hydrogen) atoms. The third-order valence-corrected chi connectivity index (χ3v) is 6.19. The number of aryl methyl sites for hydroxylation is 3. The molecule has 0 bridgehead atoms. The fraction of sp³-hybridized carbons (Fsp3) is 0.500. The topological polar surface area (TPSA) is 38.0 Å². The number of thiophene rings is 2. The number of nitrogens with two attached hydrogens (primary N) is 1. The van der Waals surface area contributed by atoms with E-state index in [0.29, 0.717) is 6.04 Å². The molecule has 3 rings (SSSR count). The van der Waals surface area contributed by atoms with Crippen molar-refractivity contribution in [3.8, 4) is 0 Å². The lowest BCUT2D eigenvalue weighted by molar-refractivity contribution is 0.524. The van der Waals surface area contributed by atoms with Crippen LogP contribution in [0.25, 0.3) is 0 Å². The highest BCUT2D eigenvalue weighted by Crippen LogP contribution is 2.33. The Kier molecular flexibility index (Phi) is 4.89. The summed E-state index contributed by atoms with van der Waals surface area (Å²) < 4.78 is 0. The van der Waals surface area contributed by atoms with E-state index in [1.165, 1.54) is 42.5 Å². The summed E-state index contributed by atoms with van der Waals surface area (Å²) in [5.74, 6) is 5.79. The van der Waals surface area contributed by atoms with E-state index in [-0.39, 0.29) is 0 Å². The largest absolute Gasteiger partial charge is 0.271 e. The van der Waals surface area contributed by atoms with E-state index < -0.39 is 0 Å². The van der Waals surface area contributed by atoms with Crippen LogP contribution in [0.5, 0.6) is 0 Å². The fourth-order valence-corrected chi connectivity index (χ4v) is 4.97. The highest BCUT2D eigenvalue weighted by molar-refractivity contribution is 7.12. The van der Waals surface area contributed by atoms with Gasteiger partial charge in [0.2, 0.25) is 0 Å². The molecule has 0 aliphatic heterocycles. The minimum absolute atomic E-state index is 0.298. The molecule has 2 nitrogen and oxygen atoms in total. The lowest BCUT2D eigenvalue weighted by Crippen LogP contribution is -2.27. The van der Waals surface area contributed by atoms with Crippen LogP contribution >= 0.6 is 22.7 Å². The highest BCUT2D eigenvalue weighted by atomic mass is 32.1. The first-order valence-corrected chi connectivity index (χ1v) is 9.21. The predicted octanol–water partition coefficient (Wildman–Crippen LogP) is 4.22. The van der Waals surface area contributed by atoms with E-state index in [1.807, 2.05) is 11.3 Å². The molecule has 0 radical (unpaired) electrons. The molecule has 2 aromatic heterocycles. The van der Waals surface area contributed by atoms with Crippen LogP contribution in [0, 0.1) is 0 Å². The van der Waals surface area contributed by atoms with Crippen LogP contribution in [0.3, 0.4) is 0 Å². The molecule has 1 aliphatic carbocycles. The Morgan fingerprint density at radius 1 is 1.25 bits per heavy atom. The van der Waals surface area contributed by atoms with Crippen LogP contribution in [-0.2, 0) is 19.3 Å². The second kappa shape index (κ2) is 6.85. The highest BCUT2D eigenvalue weighted by Gasteiger charge is 2.17. The van der Waals surface area contributed by atoms with Crippen LogP contribution in [0.15, 0.2) is 22.9 Å². The van der Waals surface area contributed by atoms with E-state index in [1.54, 1.807) is 21.8 Å². The Morgan fingerprint density at radius 2 is 2.15 bits per heavy atom. The van der Waals surface area contributed by atoms with Crippen LogP contribution in [0.2, 0.25) is 0 Å². The van der Waals surface area contributed by atoms with Gasteiger partial charge in [-0.15, -0.1) is 11.3 Å². The van der Waals surface area contributed by atoms with E-state index in [2.05, 4.69) is 28.3 Å². The molecular weight excluding hydrogens is 284 g/mol. The standard InChI is InChI=1S/C16H22N2S2/c17-18-14(7-6-12-8-9-19-11-12)16-10-13-4-2-1-3-5-15(13)20-16/h8-11,14,18H,1-7,17H2. The molecule has 3 N–H and O–H groups in total. The Morgan fingerprint density at radius 3 is 2.95 bits per heavy atom. The lowest BCUT2D eigenvalue weighted by Gasteiger charge is -2.13. The molecule has 4 heteroatoms. The monoisotopic (exact) mass is 306 g/mol. The van der Waals surface area contributed by atoms with Crippen molar-refractivity contribution in [1.82, 2.24) is 5.43 Å². The van der Waals surface area contributed by atoms with Crippen molar-refractivity contribution in [3.05, 3.63) is 43.8 Å². The number of hydrogen-bond donors (Lipinski definition) is 2. The number of fused-ring (bicyclic) bond motifs is 1. The molecule has 1 unspecified atom stereocenters. The van der Waals surface area contributed by atoms with Crippen molar-refractivity contribution in [2.75, 3.05) is 0 Å². The minimum atomic E-state index is 0.298. The molecule has 2 aromatic rings. The van der Waals surface area contributed by atoms with Crippen LogP contribution < -0.4 is 11.3 Å². The molecule has 108 valence electrons. The number of rotatable bonds is 5. The first-order chi connectivity index (χ1) is 9.86. The van der Waals surface area contributed by atoms with E-state index in [9.17, 15) is 0 Å². The second-order valence-electron chi connectivity index (χ2n) is 5.55. The predicted molar refractivity (Wildman–Crippen MR) is 88.3 cm³/mol. The lowest BCUT2D eigenvalue weighted by atomic mass is 10.1. The van der Waals surface area contributed by atoms with E-state index in [0.717, 1.165) is 12.8 Å². The maximum Gasteiger partial charge on any atom is 0.0556 e. The van der Waals surface area contributed by atoms with Crippen LogP contribution in [0.1, 0.15) is 52.6 Å². The third-order valence-electron chi connectivity index (χ3n) is 4.11.